The van der Waals surface area contributed by atoms with Crippen molar-refractivity contribution in [3.63, 3.8) is 0 Å². The number of hydrogen-bond donors (Lipinski definition) is 2. The predicted octanol–water partition coefficient (Wildman–Crippen LogP) is 3.24. The molecule has 0 radical (unpaired) electrons. The van der Waals surface area contributed by atoms with E-state index in [4.69, 9.17) is 21.1 Å². The Labute approximate surface area is 170 Å². The van der Waals surface area contributed by atoms with E-state index in [-0.39, 0.29) is 5.60 Å². The third-order valence-corrected chi connectivity index (χ3v) is 7.28. The fourth-order valence-corrected chi connectivity index (χ4v) is 6.10. The monoisotopic (exact) mass is 406 g/mol. The zero-order chi connectivity index (χ0) is 19.9. The van der Waals surface area contributed by atoms with Gasteiger partial charge in [0.15, 0.2) is 0 Å². The number of benzene rings is 1. The molecule has 4 bridgehead atoms. The van der Waals surface area contributed by atoms with Gasteiger partial charge in [-0.15, -0.1) is 0 Å². The quantitative estimate of drug-likeness (QED) is 0.736. The smallest absolute Gasteiger partial charge is 0.313 e. The average Bonchev–Trinajstić information content (AvgIpc) is 2.67. The fourth-order valence-electron chi connectivity index (χ4n) is 5.93. The van der Waals surface area contributed by atoms with Crippen molar-refractivity contribution in [2.45, 2.75) is 37.7 Å². The van der Waals surface area contributed by atoms with Gasteiger partial charge in [-0.05, 0) is 74.0 Å². The Morgan fingerprint density at radius 1 is 1.07 bits per heavy atom. The lowest BCUT2D eigenvalue weighted by molar-refractivity contribution is -0.188. The molecule has 5 rings (SSSR count). The number of carbonyl (C=O) groups excluding carboxylic acids is 2. The summed E-state index contributed by atoms with van der Waals surface area (Å²) >= 11 is 5.98. The van der Waals surface area contributed by atoms with Gasteiger partial charge in [0.05, 0.1) is 18.4 Å². The van der Waals surface area contributed by atoms with E-state index in [2.05, 4.69) is 10.6 Å². The summed E-state index contributed by atoms with van der Waals surface area (Å²) in [4.78, 5) is 24.9. The van der Waals surface area contributed by atoms with E-state index in [1.54, 1.807) is 25.3 Å². The summed E-state index contributed by atoms with van der Waals surface area (Å²) in [6.45, 7) is 0.372. The summed E-state index contributed by atoms with van der Waals surface area (Å²) < 4.78 is 11.2. The number of ether oxygens (including phenoxy) is 2. The van der Waals surface area contributed by atoms with Gasteiger partial charge in [0.1, 0.15) is 5.75 Å². The Bertz CT molecular complexity index is 754. The molecule has 152 valence electrons. The Kier molecular flexibility index (Phi) is 5.27. The maximum atomic E-state index is 12.5. The van der Waals surface area contributed by atoms with Gasteiger partial charge >= 0.3 is 11.8 Å². The normalized spacial score (nSPS) is 32.8. The summed E-state index contributed by atoms with van der Waals surface area (Å²) in [5.41, 5.74) is 0.0168. The second-order valence-corrected chi connectivity index (χ2v) is 8.88. The van der Waals surface area contributed by atoms with Crippen LogP contribution in [0, 0.1) is 23.7 Å². The largest absolute Gasteiger partial charge is 0.495 e. The molecule has 0 saturated heterocycles. The minimum atomic E-state index is -0.740. The molecule has 0 aromatic heterocycles. The molecule has 0 aliphatic heterocycles. The highest BCUT2D eigenvalue weighted by Gasteiger charge is 2.57. The van der Waals surface area contributed by atoms with Crippen molar-refractivity contribution in [3.05, 3.63) is 23.2 Å². The van der Waals surface area contributed by atoms with Crippen LogP contribution in [0.5, 0.6) is 5.75 Å². The van der Waals surface area contributed by atoms with Crippen LogP contribution >= 0.6 is 11.6 Å². The highest BCUT2D eigenvalue weighted by molar-refractivity contribution is 6.40. The van der Waals surface area contributed by atoms with Gasteiger partial charge in [0.25, 0.3) is 0 Å². The molecule has 0 unspecified atom stereocenters. The standard InChI is InChI=1S/C21H27ClN2O4/c1-27-18-4-3-16(22)10-17(18)24-20(26)19(25)23-11-21(28-2)14-6-12-5-13(8-14)9-15(21)7-12/h3-4,10,12-15H,5-9,11H2,1-2H3,(H,23,25)(H,24,26). The molecule has 4 saturated carbocycles. The minimum absolute atomic E-state index is 0.350. The maximum Gasteiger partial charge on any atom is 0.313 e. The SMILES string of the molecule is COc1ccc(Cl)cc1NC(=O)C(=O)NCC1(OC)C2CC3CC(C2)CC1C3. The molecule has 28 heavy (non-hydrogen) atoms. The van der Waals surface area contributed by atoms with E-state index in [0.717, 1.165) is 11.8 Å². The molecular weight excluding hydrogens is 380 g/mol. The number of rotatable bonds is 5. The van der Waals surface area contributed by atoms with Gasteiger partial charge in [0, 0.05) is 18.7 Å². The number of carbonyl (C=O) groups is 2. The molecule has 0 heterocycles. The van der Waals surface area contributed by atoms with Crippen molar-refractivity contribution in [3.8, 4) is 5.75 Å². The van der Waals surface area contributed by atoms with E-state index >= 15 is 0 Å². The van der Waals surface area contributed by atoms with Crippen molar-refractivity contribution in [2.24, 2.45) is 23.7 Å². The van der Waals surface area contributed by atoms with Crippen LogP contribution in [0.4, 0.5) is 5.69 Å². The number of hydrogen-bond acceptors (Lipinski definition) is 4. The molecule has 4 aliphatic carbocycles. The topological polar surface area (TPSA) is 76.7 Å². The highest BCUT2D eigenvalue weighted by atomic mass is 35.5. The number of methoxy groups -OCH3 is 2. The van der Waals surface area contributed by atoms with Gasteiger partial charge in [-0.1, -0.05) is 11.6 Å². The highest BCUT2D eigenvalue weighted by Crippen LogP contribution is 2.59. The summed E-state index contributed by atoms with van der Waals surface area (Å²) in [7, 11) is 3.24. The molecule has 4 fully saturated rings. The van der Waals surface area contributed by atoms with E-state index in [0.29, 0.717) is 34.8 Å². The lowest BCUT2D eigenvalue weighted by Gasteiger charge is -2.60. The Hall–Kier alpha value is -1.79. The minimum Gasteiger partial charge on any atom is -0.495 e. The van der Waals surface area contributed by atoms with Gasteiger partial charge < -0.3 is 20.1 Å². The van der Waals surface area contributed by atoms with Crippen LogP contribution in [0.3, 0.4) is 0 Å². The van der Waals surface area contributed by atoms with Gasteiger partial charge in [-0.25, -0.2) is 0 Å². The Balaban J connectivity index is 1.41. The van der Waals surface area contributed by atoms with Gasteiger partial charge in [-0.2, -0.15) is 0 Å². The zero-order valence-electron chi connectivity index (χ0n) is 16.3. The summed E-state index contributed by atoms with van der Waals surface area (Å²) in [5, 5.41) is 5.86. The first-order chi connectivity index (χ1) is 13.4. The molecule has 2 N–H and O–H groups in total. The average molecular weight is 407 g/mol. The van der Waals surface area contributed by atoms with Crippen molar-refractivity contribution >= 4 is 29.1 Å². The molecule has 4 aliphatic rings. The van der Waals surface area contributed by atoms with Gasteiger partial charge in [-0.3, -0.25) is 9.59 Å². The van der Waals surface area contributed by atoms with Gasteiger partial charge in [0.2, 0.25) is 0 Å². The van der Waals surface area contributed by atoms with E-state index in [1.807, 2.05) is 0 Å². The third kappa shape index (κ3) is 3.37. The van der Waals surface area contributed by atoms with E-state index in [1.165, 1.54) is 39.2 Å². The number of anilines is 1. The van der Waals surface area contributed by atoms with Crippen molar-refractivity contribution in [2.75, 3.05) is 26.1 Å². The molecule has 0 atom stereocenters. The van der Waals surface area contributed by atoms with Crippen molar-refractivity contribution in [1.82, 2.24) is 5.32 Å². The first-order valence-electron chi connectivity index (χ1n) is 9.93. The Morgan fingerprint density at radius 3 is 2.29 bits per heavy atom. The predicted molar refractivity (Wildman–Crippen MR) is 106 cm³/mol. The lowest BCUT2D eigenvalue weighted by atomic mass is 9.49. The van der Waals surface area contributed by atoms with Crippen LogP contribution in [0.15, 0.2) is 18.2 Å². The molecule has 1 aromatic carbocycles. The molecule has 0 spiro atoms. The maximum absolute atomic E-state index is 12.5. The fraction of sp³-hybridized carbons (Fsp3) is 0.619. The van der Waals surface area contributed by atoms with Crippen LogP contribution in [0.25, 0.3) is 0 Å². The Morgan fingerprint density at radius 2 is 1.71 bits per heavy atom. The van der Waals surface area contributed by atoms with Crippen LogP contribution in [0.2, 0.25) is 5.02 Å². The van der Waals surface area contributed by atoms with E-state index < -0.39 is 11.8 Å². The van der Waals surface area contributed by atoms with Crippen molar-refractivity contribution < 1.29 is 19.1 Å². The molecular formula is C21H27ClN2O4. The zero-order valence-corrected chi connectivity index (χ0v) is 17.1. The van der Waals surface area contributed by atoms with Crippen molar-refractivity contribution in [1.29, 1.82) is 0 Å². The summed E-state index contributed by atoms with van der Waals surface area (Å²) in [6.07, 6.45) is 6.03. The molecule has 6 nitrogen and oxygen atoms in total. The van der Waals surface area contributed by atoms with E-state index in [9.17, 15) is 9.59 Å². The second kappa shape index (κ2) is 7.56. The second-order valence-electron chi connectivity index (χ2n) is 8.44. The number of amides is 2. The number of halogens is 1. The van der Waals surface area contributed by atoms with Crippen LogP contribution < -0.4 is 15.4 Å². The first kappa shape index (κ1) is 19.5. The summed E-state index contributed by atoms with van der Waals surface area (Å²) in [6, 6.07) is 4.86. The summed E-state index contributed by atoms with van der Waals surface area (Å²) in [5.74, 6) is 1.57. The first-order valence-corrected chi connectivity index (χ1v) is 10.3. The molecule has 2 amide bonds. The van der Waals surface area contributed by atoms with Crippen LogP contribution in [-0.4, -0.2) is 38.2 Å². The lowest BCUT2D eigenvalue weighted by Crippen LogP contribution is -2.63. The molecule has 1 aromatic rings. The number of nitrogens with one attached hydrogen (secondary N) is 2. The van der Waals surface area contributed by atoms with Crippen LogP contribution in [0.1, 0.15) is 32.1 Å². The third-order valence-electron chi connectivity index (χ3n) is 7.04. The van der Waals surface area contributed by atoms with Crippen LogP contribution in [-0.2, 0) is 14.3 Å². The molecule has 7 heteroatoms.